The number of hydrogen-bond acceptors (Lipinski definition) is 2. The van der Waals surface area contributed by atoms with Gasteiger partial charge in [0.1, 0.15) is 0 Å². The van der Waals surface area contributed by atoms with E-state index in [9.17, 15) is 5.11 Å². The standard InChI is InChI=1S/C14H21BrOS/c1-9-10(8-12(15)17-9)13(16)11-6-4-5-7-14(11,2)3/h8,11,13,16H,4-7H2,1-3H3. The lowest BCUT2D eigenvalue weighted by Gasteiger charge is -2.41. The Hall–Kier alpha value is 0.140. The third-order valence-corrected chi connectivity index (χ3v) is 5.79. The van der Waals surface area contributed by atoms with Gasteiger partial charge in [0.05, 0.1) is 9.89 Å². The zero-order valence-corrected chi connectivity index (χ0v) is 13.2. The summed E-state index contributed by atoms with van der Waals surface area (Å²) in [5.74, 6) is 0.399. The molecule has 0 aromatic carbocycles. The quantitative estimate of drug-likeness (QED) is 0.807. The molecule has 0 aliphatic heterocycles. The van der Waals surface area contributed by atoms with E-state index in [1.165, 1.54) is 24.1 Å². The summed E-state index contributed by atoms with van der Waals surface area (Å²) in [6.45, 7) is 6.71. The van der Waals surface area contributed by atoms with Crippen LogP contribution < -0.4 is 0 Å². The van der Waals surface area contributed by atoms with Crippen LogP contribution in [0.2, 0.25) is 0 Å². The summed E-state index contributed by atoms with van der Waals surface area (Å²) >= 11 is 5.23. The van der Waals surface area contributed by atoms with Gasteiger partial charge in [-0.2, -0.15) is 0 Å². The molecule has 1 aromatic heterocycles. The van der Waals surface area contributed by atoms with Crippen molar-refractivity contribution in [3.63, 3.8) is 0 Å². The van der Waals surface area contributed by atoms with Crippen molar-refractivity contribution in [1.82, 2.24) is 0 Å². The lowest BCUT2D eigenvalue weighted by atomic mass is 9.65. The third kappa shape index (κ3) is 2.77. The van der Waals surface area contributed by atoms with E-state index < -0.39 is 0 Å². The zero-order valence-electron chi connectivity index (χ0n) is 10.8. The van der Waals surface area contributed by atoms with Crippen molar-refractivity contribution in [2.24, 2.45) is 11.3 Å². The molecule has 1 heterocycles. The molecule has 0 saturated heterocycles. The molecule has 1 fully saturated rings. The third-order valence-electron chi connectivity index (χ3n) is 4.22. The van der Waals surface area contributed by atoms with E-state index in [1.807, 2.05) is 0 Å². The lowest BCUT2D eigenvalue weighted by Crippen LogP contribution is -2.32. The molecular weight excluding hydrogens is 296 g/mol. The number of halogens is 1. The van der Waals surface area contributed by atoms with Crippen LogP contribution in [0.5, 0.6) is 0 Å². The summed E-state index contributed by atoms with van der Waals surface area (Å²) in [7, 11) is 0. The molecule has 2 rings (SSSR count). The highest BCUT2D eigenvalue weighted by Crippen LogP contribution is 2.48. The fraction of sp³-hybridized carbons (Fsp3) is 0.714. The summed E-state index contributed by atoms with van der Waals surface area (Å²) < 4.78 is 1.12. The molecule has 1 aliphatic rings. The largest absolute Gasteiger partial charge is 0.388 e. The minimum atomic E-state index is -0.298. The number of aryl methyl sites for hydroxylation is 1. The van der Waals surface area contributed by atoms with Crippen molar-refractivity contribution in [2.75, 3.05) is 0 Å². The molecule has 1 nitrogen and oxygen atoms in total. The van der Waals surface area contributed by atoms with E-state index in [0.717, 1.165) is 15.8 Å². The first-order valence-electron chi connectivity index (χ1n) is 6.36. The number of hydrogen-bond donors (Lipinski definition) is 1. The van der Waals surface area contributed by atoms with Crippen LogP contribution in [0.3, 0.4) is 0 Å². The van der Waals surface area contributed by atoms with Gasteiger partial charge in [0.15, 0.2) is 0 Å². The zero-order chi connectivity index (χ0) is 12.6. The Morgan fingerprint density at radius 1 is 1.47 bits per heavy atom. The van der Waals surface area contributed by atoms with Crippen molar-refractivity contribution in [3.05, 3.63) is 20.3 Å². The van der Waals surface area contributed by atoms with Gasteiger partial charge in [0.2, 0.25) is 0 Å². The Morgan fingerprint density at radius 3 is 2.71 bits per heavy atom. The minimum Gasteiger partial charge on any atom is -0.388 e. The first-order chi connectivity index (χ1) is 7.92. The molecule has 0 amide bonds. The first-order valence-corrected chi connectivity index (χ1v) is 7.96. The van der Waals surface area contributed by atoms with Crippen LogP contribution in [0, 0.1) is 18.3 Å². The van der Waals surface area contributed by atoms with E-state index in [1.54, 1.807) is 11.3 Å². The number of rotatable bonds is 2. The van der Waals surface area contributed by atoms with E-state index in [2.05, 4.69) is 42.8 Å². The van der Waals surface area contributed by atoms with E-state index in [4.69, 9.17) is 0 Å². The maximum absolute atomic E-state index is 10.7. The summed E-state index contributed by atoms with van der Waals surface area (Å²) in [5, 5.41) is 10.7. The van der Waals surface area contributed by atoms with Crippen LogP contribution in [0.4, 0.5) is 0 Å². The SMILES string of the molecule is Cc1sc(Br)cc1C(O)C1CCCCC1(C)C. The second kappa shape index (κ2) is 5.02. The molecule has 1 aliphatic carbocycles. The second-order valence-corrected chi connectivity index (χ2v) is 8.48. The van der Waals surface area contributed by atoms with Gasteiger partial charge in [-0.3, -0.25) is 0 Å². The molecular formula is C14H21BrOS. The van der Waals surface area contributed by atoms with Crippen molar-refractivity contribution >= 4 is 27.3 Å². The van der Waals surface area contributed by atoms with Crippen molar-refractivity contribution in [2.45, 2.75) is 52.6 Å². The Morgan fingerprint density at radius 2 is 2.18 bits per heavy atom. The average molecular weight is 317 g/mol. The van der Waals surface area contributed by atoms with Gasteiger partial charge in [0.25, 0.3) is 0 Å². The molecule has 0 radical (unpaired) electrons. The highest BCUT2D eigenvalue weighted by Gasteiger charge is 2.38. The highest BCUT2D eigenvalue weighted by atomic mass is 79.9. The Balaban J connectivity index is 2.24. The van der Waals surface area contributed by atoms with Crippen LogP contribution in [0.25, 0.3) is 0 Å². The van der Waals surface area contributed by atoms with Gasteiger partial charge in [-0.15, -0.1) is 11.3 Å². The predicted octanol–water partition coefficient (Wildman–Crippen LogP) is 5.07. The molecule has 2 atom stereocenters. The monoisotopic (exact) mass is 316 g/mol. The van der Waals surface area contributed by atoms with Crippen molar-refractivity contribution < 1.29 is 5.11 Å². The lowest BCUT2D eigenvalue weighted by molar-refractivity contribution is 0.00378. The van der Waals surface area contributed by atoms with Crippen LogP contribution in [-0.4, -0.2) is 5.11 Å². The summed E-state index contributed by atoms with van der Waals surface area (Å²) in [5.41, 5.74) is 1.39. The Bertz CT molecular complexity index is 397. The normalized spacial score (nSPS) is 25.8. The smallest absolute Gasteiger partial charge is 0.0834 e. The van der Waals surface area contributed by atoms with Gasteiger partial charge < -0.3 is 5.11 Å². The molecule has 1 saturated carbocycles. The maximum Gasteiger partial charge on any atom is 0.0834 e. The van der Waals surface area contributed by atoms with E-state index >= 15 is 0 Å². The van der Waals surface area contributed by atoms with Crippen LogP contribution >= 0.6 is 27.3 Å². The van der Waals surface area contributed by atoms with Crippen LogP contribution in [0.15, 0.2) is 9.85 Å². The van der Waals surface area contributed by atoms with Crippen LogP contribution in [-0.2, 0) is 0 Å². The van der Waals surface area contributed by atoms with E-state index in [0.29, 0.717) is 5.92 Å². The fourth-order valence-electron chi connectivity index (χ4n) is 3.08. The number of aliphatic hydroxyl groups excluding tert-OH is 1. The van der Waals surface area contributed by atoms with Gasteiger partial charge in [-0.05, 0) is 58.7 Å². The molecule has 3 heteroatoms. The molecule has 2 unspecified atom stereocenters. The molecule has 0 spiro atoms. The predicted molar refractivity (Wildman–Crippen MR) is 77.5 cm³/mol. The molecule has 96 valence electrons. The van der Waals surface area contributed by atoms with Gasteiger partial charge in [-0.25, -0.2) is 0 Å². The highest BCUT2D eigenvalue weighted by molar-refractivity contribution is 9.11. The topological polar surface area (TPSA) is 20.2 Å². The molecule has 1 N–H and O–H groups in total. The van der Waals surface area contributed by atoms with E-state index in [-0.39, 0.29) is 11.5 Å². The minimum absolute atomic E-state index is 0.262. The molecule has 1 aromatic rings. The summed E-state index contributed by atoms with van der Waals surface area (Å²) in [6.07, 6.45) is 4.66. The number of thiophene rings is 1. The summed E-state index contributed by atoms with van der Waals surface area (Å²) in [4.78, 5) is 1.24. The number of aliphatic hydroxyl groups is 1. The maximum atomic E-state index is 10.7. The second-order valence-electron chi connectivity index (χ2n) is 5.85. The Labute approximate surface area is 116 Å². The average Bonchev–Trinajstić information content (AvgIpc) is 2.56. The van der Waals surface area contributed by atoms with Gasteiger partial charge in [0, 0.05) is 4.88 Å². The Kier molecular flexibility index (Phi) is 4.01. The van der Waals surface area contributed by atoms with Crippen molar-refractivity contribution in [1.29, 1.82) is 0 Å². The van der Waals surface area contributed by atoms with Gasteiger partial charge >= 0.3 is 0 Å². The first kappa shape index (κ1) is 13.6. The van der Waals surface area contributed by atoms with Gasteiger partial charge in [-0.1, -0.05) is 26.7 Å². The van der Waals surface area contributed by atoms with Crippen LogP contribution in [0.1, 0.15) is 56.1 Å². The summed E-state index contributed by atoms with van der Waals surface area (Å²) in [6, 6.07) is 2.09. The molecule has 17 heavy (non-hydrogen) atoms. The fourth-order valence-corrected chi connectivity index (χ4v) is 4.83. The molecule has 0 bridgehead atoms. The van der Waals surface area contributed by atoms with Crippen molar-refractivity contribution in [3.8, 4) is 0 Å².